The highest BCUT2D eigenvalue weighted by atomic mass is 35.5. The lowest BCUT2D eigenvalue weighted by Gasteiger charge is -2.37. The van der Waals surface area contributed by atoms with E-state index in [9.17, 15) is 30.9 Å². The zero-order valence-corrected chi connectivity index (χ0v) is 19.7. The van der Waals surface area contributed by atoms with E-state index in [-0.39, 0.29) is 41.8 Å². The summed E-state index contributed by atoms with van der Waals surface area (Å²) in [6.45, 7) is -0.414. The molecule has 13 heteroatoms. The Morgan fingerprint density at radius 1 is 0.882 bits per heavy atom. The van der Waals surface area contributed by atoms with Crippen molar-refractivity contribution in [2.75, 3.05) is 9.21 Å². The lowest BCUT2D eigenvalue weighted by molar-refractivity contribution is -0.137. The molecule has 0 aromatic heterocycles. The minimum absolute atomic E-state index is 0.0224. The van der Waals surface area contributed by atoms with Crippen molar-refractivity contribution in [2.24, 2.45) is 0 Å². The van der Waals surface area contributed by atoms with E-state index in [1.165, 1.54) is 36.4 Å². The minimum atomic E-state index is -5.37. The second-order valence-electron chi connectivity index (χ2n) is 7.18. The minimum Gasteiger partial charge on any atom is -0.286 e. The molecule has 0 radical (unpaired) electrons. The maximum atomic E-state index is 13.7. The van der Waals surface area contributed by atoms with Gasteiger partial charge in [0.2, 0.25) is 0 Å². The summed E-state index contributed by atoms with van der Waals surface area (Å²) < 4.78 is 75.4. The molecule has 0 unspecified atom stereocenters. The third-order valence-corrected chi connectivity index (χ3v) is 6.85. The number of halogens is 6. The smallest absolute Gasteiger partial charge is 0.286 e. The molecule has 3 aromatic carbocycles. The van der Waals surface area contributed by atoms with Gasteiger partial charge in [-0.2, -0.15) is 25.9 Å². The maximum Gasteiger partial charge on any atom is 0.416 e. The number of hydrogen-bond donors (Lipinski definition) is 1. The largest absolute Gasteiger partial charge is 0.416 e. The van der Waals surface area contributed by atoms with E-state index in [1.807, 2.05) is 0 Å². The summed E-state index contributed by atoms with van der Waals surface area (Å²) >= 11 is 18.7. The zero-order valence-electron chi connectivity index (χ0n) is 16.6. The van der Waals surface area contributed by atoms with Gasteiger partial charge in [0.25, 0.3) is 0 Å². The van der Waals surface area contributed by atoms with Crippen LogP contribution in [-0.4, -0.2) is 19.0 Å². The first kappa shape index (κ1) is 24.6. The molecular weight excluding hydrogens is 540 g/mol. The standard InChI is InChI=1S/C21H12Cl3F3N2O4S/c22-15-5-2-1-4-12(15)13-8-11(21(25,26)27)9-18-14(13)10-28(20(30)29(18)34(31,32)33)19-16(23)6-3-7-17(19)24/h1-9H,10H2,(H,31,32,33). The Balaban J connectivity index is 2.09. The van der Waals surface area contributed by atoms with E-state index in [1.54, 1.807) is 6.07 Å². The van der Waals surface area contributed by atoms with Crippen molar-refractivity contribution >= 4 is 62.5 Å². The second-order valence-corrected chi connectivity index (χ2v) is 9.66. The molecule has 0 fully saturated rings. The van der Waals surface area contributed by atoms with E-state index in [4.69, 9.17) is 34.8 Å². The summed E-state index contributed by atoms with van der Waals surface area (Å²) in [5.41, 5.74) is -1.97. The molecule has 3 aromatic rings. The Labute approximate surface area is 206 Å². The molecule has 2 amide bonds. The van der Waals surface area contributed by atoms with Crippen LogP contribution in [0.4, 0.5) is 29.3 Å². The van der Waals surface area contributed by atoms with E-state index in [2.05, 4.69) is 0 Å². The average Bonchev–Trinajstić information content (AvgIpc) is 2.72. The molecule has 6 nitrogen and oxygen atoms in total. The van der Waals surface area contributed by atoms with Gasteiger partial charge in [-0.15, -0.1) is 0 Å². The average molecular weight is 552 g/mol. The molecule has 0 aliphatic carbocycles. The summed E-state index contributed by atoms with van der Waals surface area (Å²) in [5, 5.41) is 0.0400. The number of para-hydroxylation sites is 1. The first-order valence-corrected chi connectivity index (χ1v) is 11.9. The van der Waals surface area contributed by atoms with Crippen LogP contribution in [-0.2, 0) is 23.0 Å². The van der Waals surface area contributed by atoms with Crippen LogP contribution < -0.4 is 9.21 Å². The molecule has 1 aliphatic heterocycles. The van der Waals surface area contributed by atoms with Crippen LogP contribution >= 0.6 is 34.8 Å². The Morgan fingerprint density at radius 2 is 1.47 bits per heavy atom. The van der Waals surface area contributed by atoms with Gasteiger partial charge in [-0.25, -0.2) is 4.79 Å². The SMILES string of the molecule is O=C1N(c2c(Cl)cccc2Cl)Cc2c(-c3ccccc3Cl)cc(C(F)(F)F)cc2N1S(=O)(=O)O. The van der Waals surface area contributed by atoms with Crippen LogP contribution in [0.2, 0.25) is 15.1 Å². The Hall–Kier alpha value is -2.50. The molecule has 0 bridgehead atoms. The summed E-state index contributed by atoms with van der Waals surface area (Å²) in [4.78, 5) is 14.1. The molecular formula is C21H12Cl3F3N2O4S. The molecule has 1 aliphatic rings. The van der Waals surface area contributed by atoms with Gasteiger partial charge in [-0.3, -0.25) is 9.45 Å². The van der Waals surface area contributed by atoms with Crippen molar-refractivity contribution in [1.82, 2.24) is 0 Å². The highest BCUT2D eigenvalue weighted by molar-refractivity contribution is 7.88. The Morgan fingerprint density at radius 3 is 2.03 bits per heavy atom. The van der Waals surface area contributed by atoms with Crippen LogP contribution in [0.25, 0.3) is 11.1 Å². The molecule has 0 saturated carbocycles. The molecule has 4 rings (SSSR count). The van der Waals surface area contributed by atoms with Crippen molar-refractivity contribution in [3.05, 3.63) is 80.8 Å². The van der Waals surface area contributed by atoms with Gasteiger partial charge in [0.15, 0.2) is 0 Å². The Kier molecular flexibility index (Phi) is 6.24. The van der Waals surface area contributed by atoms with E-state index in [0.29, 0.717) is 6.07 Å². The summed E-state index contributed by atoms with van der Waals surface area (Å²) in [6.07, 6.45) is -4.90. The second kappa shape index (κ2) is 8.62. The number of nitrogens with zero attached hydrogens (tertiary/aromatic N) is 2. The van der Waals surface area contributed by atoms with Crippen molar-refractivity contribution < 1.29 is 30.9 Å². The van der Waals surface area contributed by atoms with Gasteiger partial charge < -0.3 is 0 Å². The summed E-state index contributed by atoms with van der Waals surface area (Å²) in [6, 6.07) is 10.2. The zero-order chi connectivity index (χ0) is 25.0. The van der Waals surface area contributed by atoms with E-state index >= 15 is 0 Å². The molecule has 0 atom stereocenters. The maximum absolute atomic E-state index is 13.7. The van der Waals surface area contributed by atoms with Crippen LogP contribution in [0.3, 0.4) is 0 Å². The van der Waals surface area contributed by atoms with Gasteiger partial charge in [0.1, 0.15) is 0 Å². The highest BCUT2D eigenvalue weighted by Gasteiger charge is 2.43. The fraction of sp³-hybridized carbons (Fsp3) is 0.0952. The van der Waals surface area contributed by atoms with Crippen LogP contribution in [0.15, 0.2) is 54.6 Å². The monoisotopic (exact) mass is 550 g/mol. The number of benzene rings is 3. The van der Waals surface area contributed by atoms with Gasteiger partial charge in [0.05, 0.1) is 33.5 Å². The number of carbonyl (C=O) groups excluding carboxylic acids is 1. The van der Waals surface area contributed by atoms with Gasteiger partial charge >= 0.3 is 22.5 Å². The lowest BCUT2D eigenvalue weighted by Crippen LogP contribution is -2.50. The van der Waals surface area contributed by atoms with Crippen molar-refractivity contribution in [1.29, 1.82) is 0 Å². The fourth-order valence-corrected chi connectivity index (χ4v) is 5.22. The molecule has 0 spiro atoms. The normalized spacial score (nSPS) is 14.4. The third kappa shape index (κ3) is 4.32. The number of hydrogen-bond acceptors (Lipinski definition) is 3. The third-order valence-electron chi connectivity index (χ3n) is 5.10. The number of carbonyl (C=O) groups is 1. The quantitative estimate of drug-likeness (QED) is 0.353. The van der Waals surface area contributed by atoms with Crippen molar-refractivity contribution in [2.45, 2.75) is 12.7 Å². The van der Waals surface area contributed by atoms with Gasteiger partial charge in [0, 0.05) is 16.1 Å². The van der Waals surface area contributed by atoms with Crippen LogP contribution in [0.5, 0.6) is 0 Å². The van der Waals surface area contributed by atoms with Crippen molar-refractivity contribution in [3.8, 4) is 11.1 Å². The van der Waals surface area contributed by atoms with Gasteiger partial charge in [-0.1, -0.05) is 59.1 Å². The lowest BCUT2D eigenvalue weighted by atomic mass is 9.93. The summed E-state index contributed by atoms with van der Waals surface area (Å²) in [7, 11) is -5.37. The van der Waals surface area contributed by atoms with E-state index in [0.717, 1.165) is 11.0 Å². The predicted octanol–water partition coefficient (Wildman–Crippen LogP) is 7.08. The number of urea groups is 1. The first-order chi connectivity index (χ1) is 15.8. The predicted molar refractivity (Wildman–Crippen MR) is 124 cm³/mol. The fourth-order valence-electron chi connectivity index (χ4n) is 3.67. The number of alkyl halides is 3. The first-order valence-electron chi connectivity index (χ1n) is 9.33. The molecule has 34 heavy (non-hydrogen) atoms. The van der Waals surface area contributed by atoms with E-state index < -0.39 is 40.3 Å². The molecule has 0 saturated heterocycles. The molecule has 1 N–H and O–H groups in total. The molecule has 178 valence electrons. The Bertz CT molecular complexity index is 1410. The number of rotatable bonds is 3. The topological polar surface area (TPSA) is 77.9 Å². The summed E-state index contributed by atoms with van der Waals surface area (Å²) in [5.74, 6) is 0. The molecule has 1 heterocycles. The number of fused-ring (bicyclic) bond motifs is 1. The highest BCUT2D eigenvalue weighted by Crippen LogP contribution is 2.46. The van der Waals surface area contributed by atoms with Crippen LogP contribution in [0.1, 0.15) is 11.1 Å². The van der Waals surface area contributed by atoms with Crippen molar-refractivity contribution in [3.63, 3.8) is 0 Å². The number of amides is 2. The van der Waals surface area contributed by atoms with Gasteiger partial charge in [-0.05, 0) is 35.9 Å². The number of anilines is 2. The van der Waals surface area contributed by atoms with Crippen LogP contribution in [0, 0.1) is 0 Å².